The van der Waals surface area contributed by atoms with Crippen LogP contribution in [0.25, 0.3) is 0 Å². The summed E-state index contributed by atoms with van der Waals surface area (Å²) in [5.41, 5.74) is -0.499. The van der Waals surface area contributed by atoms with Gasteiger partial charge in [-0.3, -0.25) is 0 Å². The first-order chi connectivity index (χ1) is 11.2. The van der Waals surface area contributed by atoms with Gasteiger partial charge in [0.15, 0.2) is 0 Å². The van der Waals surface area contributed by atoms with Crippen LogP contribution in [0.3, 0.4) is 0 Å². The molecule has 1 aliphatic heterocycles. The first-order valence-electron chi connectivity index (χ1n) is 8.11. The van der Waals surface area contributed by atoms with Gasteiger partial charge in [0.2, 0.25) is 0 Å². The molecule has 0 spiro atoms. The smallest absolute Gasteiger partial charge is 0.410 e. The predicted octanol–water partition coefficient (Wildman–Crippen LogP) is 2.97. The molecule has 8 heteroatoms. The molecule has 7 nitrogen and oxygen atoms in total. The van der Waals surface area contributed by atoms with E-state index in [1.165, 1.54) is 0 Å². The van der Waals surface area contributed by atoms with Gasteiger partial charge in [-0.15, -0.1) is 0 Å². The molecule has 1 atom stereocenters. The van der Waals surface area contributed by atoms with Gasteiger partial charge in [-0.1, -0.05) is 11.6 Å². The largest absolute Gasteiger partial charge is 0.464 e. The number of ether oxygens (including phenoxy) is 2. The van der Waals surface area contributed by atoms with Crippen molar-refractivity contribution >= 4 is 23.5 Å². The van der Waals surface area contributed by atoms with E-state index in [4.69, 9.17) is 21.1 Å². The number of anilines is 1. The molecule has 1 fully saturated rings. The first-order valence-corrected chi connectivity index (χ1v) is 8.49. The Morgan fingerprint density at radius 2 is 2.08 bits per heavy atom. The summed E-state index contributed by atoms with van der Waals surface area (Å²) < 4.78 is 10.8. The zero-order valence-corrected chi connectivity index (χ0v) is 15.6. The lowest BCUT2D eigenvalue weighted by atomic mass is 10.2. The summed E-state index contributed by atoms with van der Waals surface area (Å²) in [7, 11) is 0. The third kappa shape index (κ3) is 4.87. The molecule has 2 heterocycles. The van der Waals surface area contributed by atoms with Crippen LogP contribution in [0.1, 0.15) is 34.6 Å². The molecule has 24 heavy (non-hydrogen) atoms. The fourth-order valence-electron chi connectivity index (χ4n) is 2.50. The lowest BCUT2D eigenvalue weighted by Gasteiger charge is -2.40. The fourth-order valence-corrected chi connectivity index (χ4v) is 2.67. The van der Waals surface area contributed by atoms with E-state index >= 15 is 0 Å². The normalized spacial score (nSPS) is 18.5. The van der Waals surface area contributed by atoms with E-state index in [2.05, 4.69) is 14.9 Å². The van der Waals surface area contributed by atoms with Crippen molar-refractivity contribution in [3.05, 3.63) is 11.2 Å². The molecule has 1 aromatic rings. The maximum atomic E-state index is 12.3. The Bertz CT molecular complexity index is 591. The van der Waals surface area contributed by atoms with Gasteiger partial charge in [0.05, 0.1) is 6.61 Å². The Morgan fingerprint density at radius 1 is 1.38 bits per heavy atom. The Kier molecular flexibility index (Phi) is 5.74. The Balaban J connectivity index is 2.06. The van der Waals surface area contributed by atoms with E-state index in [0.717, 1.165) is 0 Å². The van der Waals surface area contributed by atoms with E-state index in [1.807, 2.05) is 34.6 Å². The number of hydrogen-bond acceptors (Lipinski definition) is 6. The van der Waals surface area contributed by atoms with Crippen molar-refractivity contribution in [3.63, 3.8) is 0 Å². The van der Waals surface area contributed by atoms with E-state index in [9.17, 15) is 4.79 Å². The van der Waals surface area contributed by atoms with Crippen LogP contribution in [0.5, 0.6) is 6.01 Å². The minimum Gasteiger partial charge on any atom is -0.464 e. The second-order valence-corrected chi connectivity index (χ2v) is 7.12. The Morgan fingerprint density at radius 3 is 2.67 bits per heavy atom. The Hall–Kier alpha value is -1.76. The van der Waals surface area contributed by atoms with E-state index in [0.29, 0.717) is 37.2 Å². The molecule has 0 aliphatic carbocycles. The Labute approximate surface area is 147 Å². The van der Waals surface area contributed by atoms with E-state index in [1.54, 1.807) is 11.0 Å². The van der Waals surface area contributed by atoms with Gasteiger partial charge in [0.25, 0.3) is 0 Å². The van der Waals surface area contributed by atoms with Crippen LogP contribution in [0.2, 0.25) is 5.15 Å². The molecule has 0 bridgehead atoms. The molecular formula is C16H25ClN4O3. The lowest BCUT2D eigenvalue weighted by molar-refractivity contribution is 0.0158. The quantitative estimate of drug-likeness (QED) is 0.775. The van der Waals surface area contributed by atoms with Gasteiger partial charge in [0, 0.05) is 31.7 Å². The average molecular weight is 357 g/mol. The summed E-state index contributed by atoms with van der Waals surface area (Å²) in [5.74, 6) is 0.703. The summed E-state index contributed by atoms with van der Waals surface area (Å²) >= 11 is 6.05. The monoisotopic (exact) mass is 356 g/mol. The number of nitrogens with zero attached hydrogens (tertiary/aromatic N) is 4. The number of aromatic nitrogens is 2. The predicted molar refractivity (Wildman–Crippen MR) is 92.8 cm³/mol. The summed E-state index contributed by atoms with van der Waals surface area (Å²) in [6, 6.07) is 1.97. The number of carbonyl (C=O) groups excluding carboxylic acids is 1. The zero-order valence-electron chi connectivity index (χ0n) is 14.9. The molecule has 0 N–H and O–H groups in total. The molecule has 134 valence electrons. The molecule has 0 saturated carbocycles. The van der Waals surface area contributed by atoms with Gasteiger partial charge in [-0.05, 0) is 34.6 Å². The van der Waals surface area contributed by atoms with E-state index in [-0.39, 0.29) is 18.1 Å². The summed E-state index contributed by atoms with van der Waals surface area (Å²) in [6.07, 6.45) is -0.287. The van der Waals surface area contributed by atoms with E-state index < -0.39 is 5.60 Å². The summed E-state index contributed by atoms with van der Waals surface area (Å²) in [4.78, 5) is 24.5. The molecular weight excluding hydrogens is 332 g/mol. The maximum Gasteiger partial charge on any atom is 0.410 e. The highest BCUT2D eigenvalue weighted by molar-refractivity contribution is 6.29. The fraction of sp³-hybridized carbons (Fsp3) is 0.688. The van der Waals surface area contributed by atoms with Crippen molar-refractivity contribution in [1.29, 1.82) is 0 Å². The lowest BCUT2D eigenvalue weighted by Crippen LogP contribution is -2.55. The molecule has 1 aliphatic rings. The van der Waals surface area contributed by atoms with Gasteiger partial charge in [0.1, 0.15) is 16.6 Å². The van der Waals surface area contributed by atoms with Crippen molar-refractivity contribution in [2.45, 2.75) is 46.3 Å². The maximum absolute atomic E-state index is 12.3. The molecule has 1 aromatic heterocycles. The molecule has 2 rings (SSSR count). The molecule has 1 saturated heterocycles. The minimum absolute atomic E-state index is 0.00196. The number of halogens is 1. The van der Waals surface area contributed by atoms with Crippen LogP contribution in [0.4, 0.5) is 10.6 Å². The van der Waals surface area contributed by atoms with Gasteiger partial charge in [-0.2, -0.15) is 9.97 Å². The van der Waals surface area contributed by atoms with Crippen LogP contribution >= 0.6 is 11.6 Å². The van der Waals surface area contributed by atoms with Crippen molar-refractivity contribution in [3.8, 4) is 6.01 Å². The van der Waals surface area contributed by atoms with Crippen molar-refractivity contribution in [2.24, 2.45) is 0 Å². The third-order valence-corrected chi connectivity index (χ3v) is 3.71. The van der Waals surface area contributed by atoms with Crippen molar-refractivity contribution < 1.29 is 14.3 Å². The number of amides is 1. The first kappa shape index (κ1) is 18.6. The van der Waals surface area contributed by atoms with Gasteiger partial charge >= 0.3 is 12.1 Å². The van der Waals surface area contributed by atoms with Gasteiger partial charge in [-0.25, -0.2) is 4.79 Å². The molecule has 0 radical (unpaired) electrons. The second kappa shape index (κ2) is 7.42. The zero-order chi connectivity index (χ0) is 17.9. The highest BCUT2D eigenvalue weighted by Gasteiger charge is 2.31. The third-order valence-electron chi connectivity index (χ3n) is 3.51. The number of hydrogen-bond donors (Lipinski definition) is 0. The van der Waals surface area contributed by atoms with Gasteiger partial charge < -0.3 is 19.3 Å². The average Bonchev–Trinajstić information content (AvgIpc) is 2.44. The van der Waals surface area contributed by atoms with Crippen LogP contribution in [-0.4, -0.2) is 58.8 Å². The topological polar surface area (TPSA) is 67.8 Å². The SMILES string of the molecule is CCOc1nc(Cl)cc(N2CCN(C(=O)OC(C)(C)C)C(C)C2)n1. The minimum atomic E-state index is -0.499. The highest BCUT2D eigenvalue weighted by atomic mass is 35.5. The summed E-state index contributed by atoms with van der Waals surface area (Å²) in [6.45, 7) is 11.8. The van der Waals surface area contributed by atoms with Crippen LogP contribution < -0.4 is 9.64 Å². The number of rotatable bonds is 3. The molecule has 1 amide bonds. The second-order valence-electron chi connectivity index (χ2n) is 6.73. The number of piperazine rings is 1. The standard InChI is InChI=1S/C16H25ClN4O3/c1-6-23-14-18-12(17)9-13(19-14)20-7-8-21(11(2)10-20)15(22)24-16(3,4)5/h9,11H,6-8,10H2,1-5H3. The van der Waals surface area contributed by atoms with Crippen LogP contribution in [0, 0.1) is 0 Å². The molecule has 1 unspecified atom stereocenters. The van der Waals surface area contributed by atoms with Crippen molar-refractivity contribution in [1.82, 2.24) is 14.9 Å². The number of carbonyl (C=O) groups is 1. The van der Waals surface area contributed by atoms with Crippen LogP contribution in [0.15, 0.2) is 6.07 Å². The summed E-state index contributed by atoms with van der Waals surface area (Å²) in [5, 5.41) is 0.339. The highest BCUT2D eigenvalue weighted by Crippen LogP contribution is 2.23. The van der Waals surface area contributed by atoms with Crippen molar-refractivity contribution in [2.75, 3.05) is 31.1 Å². The van der Waals surface area contributed by atoms with Crippen LogP contribution in [-0.2, 0) is 4.74 Å². The molecule has 0 aromatic carbocycles.